The standard InChI is InChI=1S/C20H22N4O3S2/c1-29(26,27)24-12-10-23(11-13-24)19(25)14-15-6-8-16(9-7-15)21-20-22-17-4-2-3-5-18(17)28-20/h2-9H,10-14H2,1H3,(H,21,22). The summed E-state index contributed by atoms with van der Waals surface area (Å²) in [5.74, 6) is 0.0185. The third kappa shape index (κ3) is 4.75. The molecule has 0 spiro atoms. The Morgan fingerprint density at radius 1 is 1.07 bits per heavy atom. The molecule has 1 aliphatic rings. The molecule has 152 valence electrons. The zero-order chi connectivity index (χ0) is 20.4. The second kappa shape index (κ2) is 8.10. The Kier molecular flexibility index (Phi) is 5.53. The van der Waals surface area contributed by atoms with Gasteiger partial charge in [-0.05, 0) is 29.8 Å². The van der Waals surface area contributed by atoms with Crippen LogP contribution in [0.1, 0.15) is 5.56 Å². The van der Waals surface area contributed by atoms with E-state index in [1.54, 1.807) is 16.2 Å². The zero-order valence-electron chi connectivity index (χ0n) is 16.0. The van der Waals surface area contributed by atoms with Crippen LogP contribution in [0.5, 0.6) is 0 Å². The first-order valence-corrected chi connectivity index (χ1v) is 12.0. The van der Waals surface area contributed by atoms with Crippen molar-refractivity contribution in [1.29, 1.82) is 0 Å². The van der Waals surface area contributed by atoms with Gasteiger partial charge in [0, 0.05) is 31.9 Å². The van der Waals surface area contributed by atoms with E-state index in [9.17, 15) is 13.2 Å². The molecule has 1 aromatic heterocycles. The van der Waals surface area contributed by atoms with Crippen molar-refractivity contribution in [3.63, 3.8) is 0 Å². The number of thiazole rings is 1. The van der Waals surface area contributed by atoms with E-state index in [2.05, 4.69) is 10.3 Å². The molecule has 1 saturated heterocycles. The fraction of sp³-hybridized carbons (Fsp3) is 0.300. The summed E-state index contributed by atoms with van der Waals surface area (Å²) in [4.78, 5) is 18.8. The molecule has 0 bridgehead atoms. The predicted octanol–water partition coefficient (Wildman–Crippen LogP) is 2.69. The molecule has 1 fully saturated rings. The summed E-state index contributed by atoms with van der Waals surface area (Å²) in [6.45, 7) is 1.58. The molecule has 3 aromatic rings. The van der Waals surface area contributed by atoms with Gasteiger partial charge in [0.2, 0.25) is 15.9 Å². The lowest BCUT2D eigenvalue weighted by Gasteiger charge is -2.33. The van der Waals surface area contributed by atoms with Crippen molar-refractivity contribution in [2.24, 2.45) is 0 Å². The lowest BCUT2D eigenvalue weighted by atomic mass is 10.1. The molecule has 0 radical (unpaired) electrons. The molecule has 0 saturated carbocycles. The van der Waals surface area contributed by atoms with Gasteiger partial charge >= 0.3 is 0 Å². The fourth-order valence-corrected chi connectivity index (χ4v) is 5.02. The lowest BCUT2D eigenvalue weighted by Crippen LogP contribution is -2.50. The van der Waals surface area contributed by atoms with E-state index in [1.807, 2.05) is 48.5 Å². The van der Waals surface area contributed by atoms with Crippen LogP contribution in [0.25, 0.3) is 10.2 Å². The number of nitrogens with zero attached hydrogens (tertiary/aromatic N) is 3. The second-order valence-corrected chi connectivity index (χ2v) is 10.0. The zero-order valence-corrected chi connectivity index (χ0v) is 17.7. The highest BCUT2D eigenvalue weighted by molar-refractivity contribution is 7.88. The Balaban J connectivity index is 1.34. The first kappa shape index (κ1) is 19.8. The number of aromatic nitrogens is 1. The summed E-state index contributed by atoms with van der Waals surface area (Å²) in [6.07, 6.45) is 1.51. The summed E-state index contributed by atoms with van der Waals surface area (Å²) >= 11 is 1.60. The number of fused-ring (bicyclic) bond motifs is 1. The van der Waals surface area contributed by atoms with Gasteiger partial charge in [0.25, 0.3) is 0 Å². The number of nitrogens with one attached hydrogen (secondary N) is 1. The number of amides is 1. The molecule has 1 amide bonds. The maximum atomic E-state index is 12.5. The largest absolute Gasteiger partial charge is 0.340 e. The van der Waals surface area contributed by atoms with E-state index in [0.29, 0.717) is 32.6 Å². The van der Waals surface area contributed by atoms with Crippen LogP contribution < -0.4 is 5.32 Å². The van der Waals surface area contributed by atoms with Gasteiger partial charge in [-0.15, -0.1) is 0 Å². The number of para-hydroxylation sites is 1. The molecular weight excluding hydrogens is 408 g/mol. The Morgan fingerprint density at radius 3 is 2.41 bits per heavy atom. The minimum absolute atomic E-state index is 0.0185. The normalized spacial score (nSPS) is 15.6. The molecular formula is C20H22N4O3S2. The van der Waals surface area contributed by atoms with Crippen LogP contribution in [0.3, 0.4) is 0 Å². The number of carbonyl (C=O) groups is 1. The van der Waals surface area contributed by atoms with E-state index in [0.717, 1.165) is 26.6 Å². The molecule has 0 unspecified atom stereocenters. The summed E-state index contributed by atoms with van der Waals surface area (Å²) in [5.41, 5.74) is 2.82. The molecule has 1 aliphatic heterocycles. The first-order chi connectivity index (χ1) is 13.9. The summed E-state index contributed by atoms with van der Waals surface area (Å²) < 4.78 is 25.7. The molecule has 29 heavy (non-hydrogen) atoms. The Morgan fingerprint density at radius 2 is 1.76 bits per heavy atom. The van der Waals surface area contributed by atoms with Crippen molar-refractivity contribution in [3.8, 4) is 0 Å². The minimum atomic E-state index is -3.19. The highest BCUT2D eigenvalue weighted by Crippen LogP contribution is 2.28. The molecule has 2 heterocycles. The number of anilines is 2. The van der Waals surface area contributed by atoms with Crippen molar-refractivity contribution in [1.82, 2.24) is 14.2 Å². The highest BCUT2D eigenvalue weighted by Gasteiger charge is 2.25. The molecule has 4 rings (SSSR count). The van der Waals surface area contributed by atoms with E-state index in [1.165, 1.54) is 10.6 Å². The Bertz CT molecular complexity index is 1090. The number of carbonyl (C=O) groups excluding carboxylic acids is 1. The van der Waals surface area contributed by atoms with Crippen LogP contribution in [-0.4, -0.2) is 60.9 Å². The fourth-order valence-electron chi connectivity index (χ4n) is 3.31. The van der Waals surface area contributed by atoms with Gasteiger partial charge in [-0.2, -0.15) is 4.31 Å². The molecule has 7 nitrogen and oxygen atoms in total. The van der Waals surface area contributed by atoms with Crippen LogP contribution in [0.2, 0.25) is 0 Å². The van der Waals surface area contributed by atoms with Crippen LogP contribution >= 0.6 is 11.3 Å². The topological polar surface area (TPSA) is 82.6 Å². The number of hydrogen-bond donors (Lipinski definition) is 1. The van der Waals surface area contributed by atoms with Crippen LogP contribution in [0.4, 0.5) is 10.8 Å². The molecule has 1 N–H and O–H groups in total. The number of piperazine rings is 1. The Labute approximate surface area is 174 Å². The van der Waals surface area contributed by atoms with Crippen molar-refractivity contribution < 1.29 is 13.2 Å². The highest BCUT2D eigenvalue weighted by atomic mass is 32.2. The van der Waals surface area contributed by atoms with E-state index in [-0.39, 0.29) is 5.91 Å². The van der Waals surface area contributed by atoms with Crippen molar-refractivity contribution in [2.45, 2.75) is 6.42 Å². The van der Waals surface area contributed by atoms with Gasteiger partial charge in [0.1, 0.15) is 0 Å². The van der Waals surface area contributed by atoms with Gasteiger partial charge in [-0.3, -0.25) is 4.79 Å². The average molecular weight is 431 g/mol. The molecule has 2 aromatic carbocycles. The Hall–Kier alpha value is -2.49. The quantitative estimate of drug-likeness (QED) is 0.673. The van der Waals surface area contributed by atoms with Gasteiger partial charge < -0.3 is 10.2 Å². The smallest absolute Gasteiger partial charge is 0.227 e. The average Bonchev–Trinajstić information content (AvgIpc) is 3.11. The summed E-state index contributed by atoms with van der Waals surface area (Å²) in [7, 11) is -3.19. The van der Waals surface area contributed by atoms with Crippen LogP contribution in [0.15, 0.2) is 48.5 Å². The monoisotopic (exact) mass is 430 g/mol. The number of rotatable bonds is 5. The first-order valence-electron chi connectivity index (χ1n) is 9.33. The van der Waals surface area contributed by atoms with E-state index < -0.39 is 10.0 Å². The predicted molar refractivity (Wildman–Crippen MR) is 116 cm³/mol. The van der Waals surface area contributed by atoms with Gasteiger partial charge in [0.15, 0.2) is 5.13 Å². The van der Waals surface area contributed by atoms with E-state index >= 15 is 0 Å². The lowest BCUT2D eigenvalue weighted by molar-refractivity contribution is -0.131. The second-order valence-electron chi connectivity index (χ2n) is 7.03. The van der Waals surface area contributed by atoms with Gasteiger partial charge in [-0.25, -0.2) is 13.4 Å². The van der Waals surface area contributed by atoms with E-state index in [4.69, 9.17) is 0 Å². The third-order valence-corrected chi connectivity index (χ3v) is 7.17. The minimum Gasteiger partial charge on any atom is -0.340 e. The van der Waals surface area contributed by atoms with Gasteiger partial charge in [-0.1, -0.05) is 35.6 Å². The summed E-state index contributed by atoms with van der Waals surface area (Å²) in [6, 6.07) is 15.7. The number of hydrogen-bond acceptors (Lipinski definition) is 6. The van der Waals surface area contributed by atoms with Crippen molar-refractivity contribution in [3.05, 3.63) is 54.1 Å². The van der Waals surface area contributed by atoms with Gasteiger partial charge in [0.05, 0.1) is 22.9 Å². The molecule has 9 heteroatoms. The maximum absolute atomic E-state index is 12.5. The van der Waals surface area contributed by atoms with Crippen molar-refractivity contribution in [2.75, 3.05) is 37.8 Å². The number of benzene rings is 2. The SMILES string of the molecule is CS(=O)(=O)N1CCN(C(=O)Cc2ccc(Nc3nc4ccccc4s3)cc2)CC1. The third-order valence-electron chi connectivity index (χ3n) is 4.91. The number of sulfonamides is 1. The molecule has 0 aliphatic carbocycles. The van der Waals surface area contributed by atoms with Crippen molar-refractivity contribution >= 4 is 48.3 Å². The van der Waals surface area contributed by atoms with Crippen LogP contribution in [-0.2, 0) is 21.2 Å². The summed E-state index contributed by atoms with van der Waals surface area (Å²) in [5, 5.41) is 4.14. The maximum Gasteiger partial charge on any atom is 0.227 e. The van der Waals surface area contributed by atoms with Crippen LogP contribution in [0, 0.1) is 0 Å². The molecule has 0 atom stereocenters.